The molecule has 1 aliphatic heterocycles. The molecule has 1 aromatic carbocycles. The molecule has 1 fully saturated rings. The first-order chi connectivity index (χ1) is 15.2. The van der Waals surface area contributed by atoms with Crippen molar-refractivity contribution in [3.8, 4) is 5.75 Å². The summed E-state index contributed by atoms with van der Waals surface area (Å²) in [4.78, 5) is 14.6. The van der Waals surface area contributed by atoms with Crippen molar-refractivity contribution >= 4 is 17.2 Å². The van der Waals surface area contributed by atoms with E-state index in [0.717, 1.165) is 37.2 Å². The maximum absolute atomic E-state index is 13.1. The molecular formula is C22H24F3N5O2. The van der Waals surface area contributed by atoms with E-state index in [1.807, 2.05) is 24.0 Å². The lowest BCUT2D eigenvalue weighted by atomic mass is 9.97. The summed E-state index contributed by atoms with van der Waals surface area (Å²) in [6, 6.07) is 7.87. The summed E-state index contributed by atoms with van der Waals surface area (Å²) < 4.78 is 46.1. The number of nitrogens with zero attached hydrogens (tertiary/aromatic N) is 4. The average molecular weight is 447 g/mol. The molecule has 0 spiro atoms. The van der Waals surface area contributed by atoms with Gasteiger partial charge in [-0.15, -0.1) is 10.2 Å². The second-order valence-corrected chi connectivity index (χ2v) is 8.03. The van der Waals surface area contributed by atoms with E-state index in [4.69, 9.17) is 4.74 Å². The lowest BCUT2D eigenvalue weighted by Gasteiger charge is -2.31. The van der Waals surface area contributed by atoms with Crippen LogP contribution in [0.4, 0.5) is 18.9 Å². The minimum absolute atomic E-state index is 0.122. The molecule has 0 radical (unpaired) electrons. The number of halogens is 3. The summed E-state index contributed by atoms with van der Waals surface area (Å²) in [6.07, 6.45) is -1.83. The number of ether oxygens (including phenoxy) is 1. The number of aromatic nitrogens is 3. The number of aryl methyl sites for hydroxylation is 1. The van der Waals surface area contributed by atoms with Crippen molar-refractivity contribution < 1.29 is 22.7 Å². The van der Waals surface area contributed by atoms with E-state index in [2.05, 4.69) is 15.5 Å². The van der Waals surface area contributed by atoms with Gasteiger partial charge in [0.15, 0.2) is 5.65 Å². The second kappa shape index (κ2) is 8.78. The molecule has 170 valence electrons. The Balaban J connectivity index is 1.47. The van der Waals surface area contributed by atoms with Crippen LogP contribution in [0.1, 0.15) is 35.7 Å². The van der Waals surface area contributed by atoms with Crippen LogP contribution in [0, 0.1) is 6.92 Å². The predicted octanol–water partition coefficient (Wildman–Crippen LogP) is 3.88. The number of methoxy groups -OCH3 is 1. The molecule has 1 atom stereocenters. The minimum atomic E-state index is -4.44. The minimum Gasteiger partial charge on any atom is -0.495 e. The van der Waals surface area contributed by atoms with Gasteiger partial charge in [0, 0.05) is 18.7 Å². The molecule has 2 aromatic heterocycles. The Morgan fingerprint density at radius 2 is 2.06 bits per heavy atom. The fourth-order valence-electron chi connectivity index (χ4n) is 4.08. The van der Waals surface area contributed by atoms with Crippen molar-refractivity contribution in [1.82, 2.24) is 19.5 Å². The lowest BCUT2D eigenvalue weighted by Crippen LogP contribution is -2.40. The van der Waals surface area contributed by atoms with Gasteiger partial charge in [-0.3, -0.25) is 14.1 Å². The molecule has 32 heavy (non-hydrogen) atoms. The zero-order chi connectivity index (χ0) is 22.9. The van der Waals surface area contributed by atoms with Crippen molar-refractivity contribution in [2.75, 3.05) is 32.1 Å². The van der Waals surface area contributed by atoms with Crippen molar-refractivity contribution in [3.63, 3.8) is 0 Å². The maximum atomic E-state index is 13.1. The first-order valence-electron chi connectivity index (χ1n) is 10.3. The number of piperidine rings is 1. The number of alkyl halides is 3. The molecule has 1 aliphatic rings. The van der Waals surface area contributed by atoms with E-state index >= 15 is 0 Å². The highest BCUT2D eigenvalue weighted by Crippen LogP contribution is 2.31. The SMILES string of the molecule is COc1ccc(C)cc1NC(=O)CN1CCCC(c2nnc3ccc(C(F)(F)F)cn23)C1. The van der Waals surface area contributed by atoms with Gasteiger partial charge < -0.3 is 10.1 Å². The summed E-state index contributed by atoms with van der Waals surface area (Å²) in [7, 11) is 1.54. The van der Waals surface area contributed by atoms with Gasteiger partial charge in [-0.05, 0) is 56.1 Å². The smallest absolute Gasteiger partial charge is 0.417 e. The normalized spacial score (nSPS) is 17.5. The van der Waals surface area contributed by atoms with Crippen molar-refractivity contribution in [2.24, 2.45) is 0 Å². The molecule has 4 rings (SSSR count). The summed E-state index contributed by atoms with van der Waals surface area (Å²) in [5.41, 5.74) is 1.23. The van der Waals surface area contributed by atoms with Crippen molar-refractivity contribution in [3.05, 3.63) is 53.5 Å². The Kier molecular flexibility index (Phi) is 6.05. The molecule has 0 aliphatic carbocycles. The highest BCUT2D eigenvalue weighted by atomic mass is 19.4. The van der Waals surface area contributed by atoms with E-state index in [-0.39, 0.29) is 18.4 Å². The highest BCUT2D eigenvalue weighted by molar-refractivity contribution is 5.93. The number of pyridine rings is 1. The van der Waals surface area contributed by atoms with Crippen molar-refractivity contribution in [2.45, 2.75) is 31.9 Å². The van der Waals surface area contributed by atoms with Crippen LogP contribution in [-0.4, -0.2) is 52.1 Å². The summed E-state index contributed by atoms with van der Waals surface area (Å²) in [5, 5.41) is 11.1. The molecule has 0 saturated carbocycles. The molecule has 0 bridgehead atoms. The Hall–Kier alpha value is -3.14. The Morgan fingerprint density at radius 3 is 2.81 bits per heavy atom. The molecule has 3 aromatic rings. The van der Waals surface area contributed by atoms with Crippen LogP contribution in [0.3, 0.4) is 0 Å². The zero-order valence-corrected chi connectivity index (χ0v) is 17.8. The van der Waals surface area contributed by atoms with Crippen LogP contribution in [0.2, 0.25) is 0 Å². The van der Waals surface area contributed by atoms with E-state index < -0.39 is 11.7 Å². The van der Waals surface area contributed by atoms with E-state index in [1.54, 1.807) is 13.2 Å². The fourth-order valence-corrected chi connectivity index (χ4v) is 4.08. The van der Waals surface area contributed by atoms with Gasteiger partial charge in [0.2, 0.25) is 5.91 Å². The topological polar surface area (TPSA) is 71.8 Å². The summed E-state index contributed by atoms with van der Waals surface area (Å²) in [6.45, 7) is 3.32. The number of hydrogen-bond acceptors (Lipinski definition) is 5. The number of amides is 1. The second-order valence-electron chi connectivity index (χ2n) is 8.03. The van der Waals surface area contributed by atoms with Crippen LogP contribution >= 0.6 is 0 Å². The average Bonchev–Trinajstić information content (AvgIpc) is 3.17. The van der Waals surface area contributed by atoms with Gasteiger partial charge in [0.25, 0.3) is 0 Å². The first-order valence-corrected chi connectivity index (χ1v) is 10.3. The number of nitrogens with one attached hydrogen (secondary N) is 1. The third kappa shape index (κ3) is 4.69. The van der Waals surface area contributed by atoms with Crippen LogP contribution in [0.5, 0.6) is 5.75 Å². The van der Waals surface area contributed by atoms with Gasteiger partial charge in [-0.25, -0.2) is 0 Å². The highest BCUT2D eigenvalue weighted by Gasteiger charge is 2.32. The number of carbonyl (C=O) groups excluding carboxylic acids is 1. The molecule has 10 heteroatoms. The maximum Gasteiger partial charge on any atom is 0.417 e. The van der Waals surface area contributed by atoms with Gasteiger partial charge in [0.1, 0.15) is 11.6 Å². The molecule has 1 unspecified atom stereocenters. The van der Waals surface area contributed by atoms with E-state index in [0.29, 0.717) is 29.5 Å². The number of hydrogen-bond donors (Lipinski definition) is 1. The van der Waals surface area contributed by atoms with Gasteiger partial charge in [-0.2, -0.15) is 13.2 Å². The zero-order valence-electron chi connectivity index (χ0n) is 17.8. The molecule has 1 N–H and O–H groups in total. The number of carbonyl (C=O) groups is 1. The van der Waals surface area contributed by atoms with Crippen LogP contribution in [0.25, 0.3) is 5.65 Å². The monoisotopic (exact) mass is 447 g/mol. The van der Waals surface area contributed by atoms with E-state index in [1.165, 1.54) is 10.5 Å². The first kappa shape index (κ1) is 22.1. The Labute approximate surface area is 183 Å². The fraction of sp³-hybridized carbons (Fsp3) is 0.409. The quantitative estimate of drug-likeness (QED) is 0.643. The van der Waals surface area contributed by atoms with E-state index in [9.17, 15) is 18.0 Å². The Bertz CT molecular complexity index is 1130. The third-order valence-electron chi connectivity index (χ3n) is 5.62. The standard InChI is InChI=1S/C22H24F3N5O2/c1-14-5-7-18(32-2)17(10-14)26-20(31)13-29-9-3-4-15(11-29)21-28-27-19-8-6-16(12-30(19)21)22(23,24)25/h5-8,10,12,15H,3-4,9,11,13H2,1-2H3,(H,26,31). The van der Waals surface area contributed by atoms with Gasteiger partial charge in [-0.1, -0.05) is 6.07 Å². The van der Waals surface area contributed by atoms with Gasteiger partial charge in [0.05, 0.1) is 24.9 Å². The molecule has 3 heterocycles. The van der Waals surface area contributed by atoms with Crippen LogP contribution in [0.15, 0.2) is 36.5 Å². The predicted molar refractivity (Wildman–Crippen MR) is 113 cm³/mol. The molecular weight excluding hydrogens is 423 g/mol. The van der Waals surface area contributed by atoms with Crippen molar-refractivity contribution in [1.29, 1.82) is 0 Å². The largest absolute Gasteiger partial charge is 0.495 e. The number of fused-ring (bicyclic) bond motifs is 1. The molecule has 1 saturated heterocycles. The summed E-state index contributed by atoms with van der Waals surface area (Å²) >= 11 is 0. The third-order valence-corrected chi connectivity index (χ3v) is 5.62. The number of benzene rings is 1. The number of rotatable bonds is 5. The van der Waals surface area contributed by atoms with Crippen LogP contribution < -0.4 is 10.1 Å². The summed E-state index contributed by atoms with van der Waals surface area (Å²) in [5.74, 6) is 0.760. The molecule has 1 amide bonds. The number of anilines is 1. The lowest BCUT2D eigenvalue weighted by molar-refractivity contribution is -0.137. The van der Waals surface area contributed by atoms with Crippen LogP contribution in [-0.2, 0) is 11.0 Å². The van der Waals surface area contributed by atoms with Gasteiger partial charge >= 0.3 is 6.18 Å². The molecule has 7 nitrogen and oxygen atoms in total. The number of likely N-dealkylation sites (tertiary alicyclic amines) is 1. The Morgan fingerprint density at radius 1 is 1.25 bits per heavy atom.